The van der Waals surface area contributed by atoms with Crippen LogP contribution in [0.3, 0.4) is 0 Å². The van der Waals surface area contributed by atoms with Crippen LogP contribution in [-0.4, -0.2) is 26.1 Å². The molecule has 18 heavy (non-hydrogen) atoms. The average Bonchev–Trinajstić information content (AvgIpc) is 2.39. The molecule has 1 aromatic carbocycles. The molecule has 0 radical (unpaired) electrons. The number of rotatable bonds is 7. The number of para-hydroxylation sites is 1. The van der Waals surface area contributed by atoms with E-state index in [2.05, 4.69) is 0 Å². The number of hydrogen-bond donors (Lipinski definition) is 0. The molecule has 0 bridgehead atoms. The lowest BCUT2D eigenvalue weighted by atomic mass is 10.3. The summed E-state index contributed by atoms with van der Waals surface area (Å²) in [5.74, 6) is 0.109. The number of nitrogens with zero attached hydrogens (tertiary/aromatic N) is 1. The van der Waals surface area contributed by atoms with Crippen molar-refractivity contribution in [3.8, 4) is 0 Å². The first-order chi connectivity index (χ1) is 8.54. The van der Waals surface area contributed by atoms with Crippen LogP contribution in [0.15, 0.2) is 30.3 Å². The molecule has 0 aliphatic rings. The van der Waals surface area contributed by atoms with Crippen LogP contribution in [0.4, 0.5) is 5.69 Å². The lowest BCUT2D eigenvalue weighted by Crippen LogP contribution is -2.39. The predicted molar refractivity (Wildman–Crippen MR) is 77.8 cm³/mol. The van der Waals surface area contributed by atoms with E-state index >= 15 is 0 Å². The topological polar surface area (TPSA) is 37.4 Å². The molecular weight excluding hydrogens is 270 g/mol. The number of hydrogen-bond acceptors (Lipinski definition) is 2. The van der Waals surface area contributed by atoms with Crippen molar-refractivity contribution in [2.45, 2.75) is 31.9 Å². The van der Waals surface area contributed by atoms with E-state index < -0.39 is 15.3 Å². The third kappa shape index (κ3) is 3.62. The van der Waals surface area contributed by atoms with Crippen molar-refractivity contribution in [1.82, 2.24) is 0 Å². The summed E-state index contributed by atoms with van der Waals surface area (Å²) in [5, 5.41) is -0.573. The normalized spacial score (nSPS) is 13.3. The Balaban J connectivity index is 3.06. The Bertz CT molecular complexity index is 447. The monoisotopic (exact) mass is 289 g/mol. The molecule has 0 aliphatic heterocycles. The zero-order valence-corrected chi connectivity index (χ0v) is 12.4. The van der Waals surface area contributed by atoms with Gasteiger partial charge in [-0.1, -0.05) is 31.5 Å². The van der Waals surface area contributed by atoms with Crippen molar-refractivity contribution in [2.75, 3.05) is 16.7 Å². The van der Waals surface area contributed by atoms with Crippen LogP contribution in [0.2, 0.25) is 0 Å². The highest BCUT2D eigenvalue weighted by atomic mass is 35.5. The van der Waals surface area contributed by atoms with Crippen LogP contribution in [0.5, 0.6) is 0 Å². The molecule has 3 nitrogen and oxygen atoms in total. The summed E-state index contributed by atoms with van der Waals surface area (Å²) in [7, 11) is -3.38. The summed E-state index contributed by atoms with van der Waals surface area (Å²) >= 11 is 5.70. The molecule has 0 heterocycles. The first-order valence-corrected chi connectivity index (χ1v) is 8.20. The number of sulfonamides is 1. The Morgan fingerprint density at radius 2 is 1.89 bits per heavy atom. The summed E-state index contributed by atoms with van der Waals surface area (Å²) in [5.41, 5.74) is 0.711. The van der Waals surface area contributed by atoms with E-state index in [0.29, 0.717) is 12.2 Å². The lowest BCUT2D eigenvalue weighted by Gasteiger charge is -2.27. The molecule has 5 heteroatoms. The highest BCUT2D eigenvalue weighted by Crippen LogP contribution is 2.21. The van der Waals surface area contributed by atoms with Crippen LogP contribution in [0.1, 0.15) is 26.7 Å². The first-order valence-electron chi connectivity index (χ1n) is 6.16. The molecule has 0 aromatic heterocycles. The number of benzene rings is 1. The van der Waals surface area contributed by atoms with E-state index in [0.717, 1.165) is 12.8 Å². The summed E-state index contributed by atoms with van der Waals surface area (Å²) in [6, 6.07) is 9.19. The molecular formula is C13H20ClNO2S. The van der Waals surface area contributed by atoms with Gasteiger partial charge >= 0.3 is 0 Å². The molecule has 1 unspecified atom stereocenters. The minimum absolute atomic E-state index is 0.109. The van der Waals surface area contributed by atoms with Crippen molar-refractivity contribution in [3.05, 3.63) is 30.3 Å². The van der Waals surface area contributed by atoms with Crippen LogP contribution < -0.4 is 4.31 Å². The van der Waals surface area contributed by atoms with Gasteiger partial charge in [-0.3, -0.25) is 4.31 Å². The Hall–Kier alpha value is -0.740. The van der Waals surface area contributed by atoms with Gasteiger partial charge in [0.25, 0.3) is 0 Å². The van der Waals surface area contributed by atoms with Gasteiger partial charge in [-0.05, 0) is 25.5 Å². The minimum atomic E-state index is -3.38. The van der Waals surface area contributed by atoms with Crippen LogP contribution in [0, 0.1) is 0 Å². The third-order valence-electron chi connectivity index (χ3n) is 2.79. The molecule has 0 fully saturated rings. The number of unbranched alkanes of at least 4 members (excludes halogenated alkanes) is 1. The van der Waals surface area contributed by atoms with Crippen LogP contribution in [0.25, 0.3) is 0 Å². The van der Waals surface area contributed by atoms with E-state index in [1.807, 2.05) is 37.3 Å². The molecule has 1 rings (SSSR count). The fourth-order valence-corrected chi connectivity index (χ4v) is 3.47. The maximum absolute atomic E-state index is 12.4. The third-order valence-corrected chi connectivity index (χ3v) is 5.63. The van der Waals surface area contributed by atoms with Gasteiger partial charge in [-0.15, -0.1) is 11.6 Å². The summed E-state index contributed by atoms with van der Waals surface area (Å²) in [4.78, 5) is 0. The Morgan fingerprint density at radius 3 is 2.39 bits per heavy atom. The number of alkyl halides is 1. The predicted octanol–water partition coefficient (Wildman–Crippen LogP) is 3.25. The summed E-state index contributed by atoms with van der Waals surface area (Å²) < 4.78 is 26.3. The lowest BCUT2D eigenvalue weighted by molar-refractivity contribution is 0.580. The SMILES string of the molecule is CCCCN(c1ccccc1)S(=O)(=O)C(C)CCl. The zero-order valence-electron chi connectivity index (χ0n) is 10.8. The maximum atomic E-state index is 12.4. The highest BCUT2D eigenvalue weighted by molar-refractivity contribution is 7.93. The van der Waals surface area contributed by atoms with E-state index in [9.17, 15) is 8.42 Å². The fourth-order valence-electron chi connectivity index (χ4n) is 1.60. The van der Waals surface area contributed by atoms with Crippen LogP contribution in [-0.2, 0) is 10.0 Å². The Morgan fingerprint density at radius 1 is 1.28 bits per heavy atom. The minimum Gasteiger partial charge on any atom is -0.270 e. The van der Waals surface area contributed by atoms with Crippen molar-refractivity contribution in [3.63, 3.8) is 0 Å². The second-order valence-corrected chi connectivity index (χ2v) is 6.86. The molecule has 0 saturated carbocycles. The number of halogens is 1. The molecule has 0 saturated heterocycles. The molecule has 0 N–H and O–H groups in total. The average molecular weight is 290 g/mol. The Kier molecular flexibility index (Phi) is 5.96. The fraction of sp³-hybridized carbons (Fsp3) is 0.538. The van der Waals surface area contributed by atoms with Crippen LogP contribution >= 0.6 is 11.6 Å². The van der Waals surface area contributed by atoms with Gasteiger partial charge in [0.05, 0.1) is 10.9 Å². The molecule has 1 aromatic rings. The van der Waals surface area contributed by atoms with E-state index in [1.165, 1.54) is 4.31 Å². The smallest absolute Gasteiger partial charge is 0.238 e. The largest absolute Gasteiger partial charge is 0.270 e. The summed E-state index contributed by atoms with van der Waals surface area (Å²) in [6.07, 6.45) is 1.79. The van der Waals surface area contributed by atoms with Crippen molar-refractivity contribution >= 4 is 27.3 Å². The van der Waals surface area contributed by atoms with E-state index in [1.54, 1.807) is 6.92 Å². The van der Waals surface area contributed by atoms with Gasteiger partial charge < -0.3 is 0 Å². The second kappa shape index (κ2) is 7.00. The zero-order chi connectivity index (χ0) is 13.6. The maximum Gasteiger partial charge on any atom is 0.238 e. The van der Waals surface area contributed by atoms with E-state index in [-0.39, 0.29) is 5.88 Å². The van der Waals surface area contributed by atoms with Gasteiger partial charge in [0.15, 0.2) is 0 Å². The number of anilines is 1. The van der Waals surface area contributed by atoms with Crippen molar-refractivity contribution in [2.24, 2.45) is 0 Å². The second-order valence-electron chi connectivity index (χ2n) is 4.27. The van der Waals surface area contributed by atoms with Crippen molar-refractivity contribution < 1.29 is 8.42 Å². The molecule has 0 spiro atoms. The summed E-state index contributed by atoms with van der Waals surface area (Å²) in [6.45, 7) is 4.19. The van der Waals surface area contributed by atoms with Gasteiger partial charge in [0.1, 0.15) is 0 Å². The standard InChI is InChI=1S/C13H20ClNO2S/c1-3-4-10-15(13-8-6-5-7-9-13)18(16,17)12(2)11-14/h5-9,12H,3-4,10-11H2,1-2H3. The molecule has 1 atom stereocenters. The Labute approximate surface area is 115 Å². The molecule has 0 aliphatic carbocycles. The van der Waals surface area contributed by atoms with Gasteiger partial charge in [-0.25, -0.2) is 8.42 Å². The molecule has 102 valence electrons. The molecule has 0 amide bonds. The van der Waals surface area contributed by atoms with Gasteiger partial charge in [-0.2, -0.15) is 0 Å². The first kappa shape index (κ1) is 15.3. The quantitative estimate of drug-likeness (QED) is 0.723. The van der Waals surface area contributed by atoms with Gasteiger partial charge in [0, 0.05) is 12.4 Å². The van der Waals surface area contributed by atoms with Crippen molar-refractivity contribution in [1.29, 1.82) is 0 Å². The van der Waals surface area contributed by atoms with E-state index in [4.69, 9.17) is 11.6 Å². The highest BCUT2D eigenvalue weighted by Gasteiger charge is 2.27. The van der Waals surface area contributed by atoms with Gasteiger partial charge in [0.2, 0.25) is 10.0 Å².